The quantitative estimate of drug-likeness (QED) is 0.581. The van der Waals surface area contributed by atoms with Gasteiger partial charge in [-0.3, -0.25) is 0 Å². The highest BCUT2D eigenvalue weighted by molar-refractivity contribution is 5.80. The Bertz CT molecular complexity index is 1190. The first-order valence-corrected chi connectivity index (χ1v) is 9.47. The zero-order valence-electron chi connectivity index (χ0n) is 15.8. The van der Waals surface area contributed by atoms with Gasteiger partial charge in [0, 0.05) is 43.0 Å². The lowest BCUT2D eigenvalue weighted by molar-refractivity contribution is 0.405. The molecule has 4 aromatic heterocycles. The van der Waals surface area contributed by atoms with Crippen molar-refractivity contribution in [1.29, 1.82) is 0 Å². The van der Waals surface area contributed by atoms with E-state index in [1.165, 1.54) is 0 Å². The van der Waals surface area contributed by atoms with Gasteiger partial charge in [-0.15, -0.1) is 0 Å². The Morgan fingerprint density at radius 2 is 1.93 bits per heavy atom. The van der Waals surface area contributed by atoms with Gasteiger partial charge in [-0.05, 0) is 44.2 Å². The SMILES string of the molecule is CC1CN(c2ccc3cc(-c4cn5ccccc5n4)c(=O)oc3n2)CC(C)N1. The second-order valence-electron chi connectivity index (χ2n) is 7.48. The summed E-state index contributed by atoms with van der Waals surface area (Å²) in [6, 6.07) is 12.2. The lowest BCUT2D eigenvalue weighted by Crippen LogP contribution is -2.54. The average Bonchev–Trinajstić information content (AvgIpc) is 3.10. The van der Waals surface area contributed by atoms with Gasteiger partial charge in [0.15, 0.2) is 0 Å². The molecule has 0 amide bonds. The molecule has 0 aromatic carbocycles. The Morgan fingerprint density at radius 1 is 1.11 bits per heavy atom. The molecule has 0 radical (unpaired) electrons. The number of hydrogen-bond donors (Lipinski definition) is 1. The van der Waals surface area contributed by atoms with Crippen LogP contribution in [0.2, 0.25) is 0 Å². The van der Waals surface area contributed by atoms with Crippen LogP contribution in [0.4, 0.5) is 5.82 Å². The maximum Gasteiger partial charge on any atom is 0.347 e. The maximum atomic E-state index is 12.6. The molecular weight excluding hydrogens is 354 g/mol. The lowest BCUT2D eigenvalue weighted by atomic mass is 10.1. The molecule has 1 saturated heterocycles. The third kappa shape index (κ3) is 2.93. The summed E-state index contributed by atoms with van der Waals surface area (Å²) in [5.41, 5.74) is 1.75. The third-order valence-electron chi connectivity index (χ3n) is 5.11. The van der Waals surface area contributed by atoms with Crippen LogP contribution in [-0.4, -0.2) is 39.5 Å². The molecule has 0 spiro atoms. The van der Waals surface area contributed by atoms with E-state index in [9.17, 15) is 4.79 Å². The Hall–Kier alpha value is -3.19. The van der Waals surface area contributed by atoms with Crippen molar-refractivity contribution in [3.63, 3.8) is 0 Å². The summed E-state index contributed by atoms with van der Waals surface area (Å²) in [4.78, 5) is 24.0. The molecule has 2 atom stereocenters. The number of anilines is 1. The van der Waals surface area contributed by atoms with Crippen molar-refractivity contribution in [2.75, 3.05) is 18.0 Å². The van der Waals surface area contributed by atoms with E-state index < -0.39 is 5.63 Å². The summed E-state index contributed by atoms with van der Waals surface area (Å²) in [5, 5.41) is 4.29. The van der Waals surface area contributed by atoms with E-state index in [1.54, 1.807) is 0 Å². The summed E-state index contributed by atoms with van der Waals surface area (Å²) in [5.74, 6) is 0.830. The molecule has 7 nitrogen and oxygen atoms in total. The number of aromatic nitrogens is 3. The van der Waals surface area contributed by atoms with E-state index in [2.05, 4.69) is 34.0 Å². The molecule has 5 rings (SSSR count). The molecule has 1 fully saturated rings. The van der Waals surface area contributed by atoms with Crippen molar-refractivity contribution in [3.8, 4) is 11.3 Å². The third-order valence-corrected chi connectivity index (χ3v) is 5.11. The zero-order valence-corrected chi connectivity index (χ0v) is 15.8. The van der Waals surface area contributed by atoms with E-state index in [4.69, 9.17) is 4.42 Å². The van der Waals surface area contributed by atoms with Crippen LogP contribution in [0, 0.1) is 0 Å². The van der Waals surface area contributed by atoms with Crippen molar-refractivity contribution in [3.05, 3.63) is 59.2 Å². The van der Waals surface area contributed by atoms with Crippen LogP contribution in [-0.2, 0) is 0 Å². The molecule has 1 aliphatic heterocycles. The molecule has 1 N–H and O–H groups in total. The topological polar surface area (TPSA) is 75.7 Å². The normalized spacial score (nSPS) is 20.1. The van der Waals surface area contributed by atoms with Crippen molar-refractivity contribution in [2.24, 2.45) is 0 Å². The summed E-state index contributed by atoms with van der Waals surface area (Å²) < 4.78 is 7.45. The number of nitrogens with one attached hydrogen (secondary N) is 1. The van der Waals surface area contributed by atoms with Gasteiger partial charge in [0.1, 0.15) is 11.5 Å². The highest BCUT2D eigenvalue weighted by Crippen LogP contribution is 2.23. The summed E-state index contributed by atoms with van der Waals surface area (Å²) in [6.45, 7) is 6.05. The summed E-state index contributed by atoms with van der Waals surface area (Å²) in [7, 11) is 0. The number of imidazole rings is 1. The van der Waals surface area contributed by atoms with Crippen LogP contribution >= 0.6 is 0 Å². The van der Waals surface area contributed by atoms with E-state index in [1.807, 2.05) is 53.2 Å². The number of piperazine rings is 1. The van der Waals surface area contributed by atoms with Gasteiger partial charge in [0.2, 0.25) is 5.71 Å². The van der Waals surface area contributed by atoms with Gasteiger partial charge >= 0.3 is 5.63 Å². The number of fused-ring (bicyclic) bond motifs is 2. The van der Waals surface area contributed by atoms with E-state index in [0.717, 1.165) is 29.9 Å². The van der Waals surface area contributed by atoms with Crippen molar-refractivity contribution in [1.82, 2.24) is 19.7 Å². The van der Waals surface area contributed by atoms with E-state index in [-0.39, 0.29) is 0 Å². The van der Waals surface area contributed by atoms with Crippen LogP contribution in [0.3, 0.4) is 0 Å². The molecule has 142 valence electrons. The largest absolute Gasteiger partial charge is 0.403 e. The Labute approximate surface area is 161 Å². The van der Waals surface area contributed by atoms with Crippen molar-refractivity contribution < 1.29 is 4.42 Å². The molecular formula is C21H21N5O2. The number of nitrogens with zero attached hydrogens (tertiary/aromatic N) is 4. The first-order valence-electron chi connectivity index (χ1n) is 9.47. The smallest absolute Gasteiger partial charge is 0.347 e. The molecule has 4 aromatic rings. The minimum Gasteiger partial charge on any atom is -0.403 e. The van der Waals surface area contributed by atoms with Gasteiger partial charge in [-0.1, -0.05) is 6.07 Å². The molecule has 5 heterocycles. The Kier molecular flexibility index (Phi) is 3.91. The molecule has 1 aliphatic rings. The highest BCUT2D eigenvalue weighted by Gasteiger charge is 2.22. The molecule has 2 unspecified atom stereocenters. The minimum absolute atomic E-state index is 0.355. The van der Waals surface area contributed by atoms with Gasteiger partial charge in [-0.25, -0.2) is 9.78 Å². The fraction of sp³-hybridized carbons (Fsp3) is 0.286. The van der Waals surface area contributed by atoms with Crippen molar-refractivity contribution in [2.45, 2.75) is 25.9 Å². The van der Waals surface area contributed by atoms with Crippen molar-refractivity contribution >= 4 is 22.6 Å². The minimum atomic E-state index is -0.428. The standard InChI is InChI=1S/C21H21N5O2/c1-13-10-26(11-14(2)22-13)19-7-6-15-9-16(21(27)28-20(15)24-19)17-12-25-8-4-3-5-18(25)23-17/h3-9,12-14,22H,10-11H2,1-2H3. The zero-order chi connectivity index (χ0) is 19.3. The summed E-state index contributed by atoms with van der Waals surface area (Å²) >= 11 is 0. The van der Waals surface area contributed by atoms with Gasteiger partial charge < -0.3 is 19.0 Å². The van der Waals surface area contributed by atoms with Gasteiger partial charge in [-0.2, -0.15) is 4.98 Å². The fourth-order valence-electron chi connectivity index (χ4n) is 3.92. The average molecular weight is 375 g/mol. The first-order chi connectivity index (χ1) is 13.6. The van der Waals surface area contributed by atoms with Gasteiger partial charge in [0.05, 0.1) is 11.3 Å². The second-order valence-corrected chi connectivity index (χ2v) is 7.48. The predicted octanol–water partition coefficient (Wildman–Crippen LogP) is 2.69. The molecule has 7 heteroatoms. The van der Waals surface area contributed by atoms with Crippen LogP contribution < -0.4 is 15.8 Å². The monoisotopic (exact) mass is 375 g/mol. The number of pyridine rings is 2. The Balaban J connectivity index is 1.55. The molecule has 0 bridgehead atoms. The lowest BCUT2D eigenvalue weighted by Gasteiger charge is -2.36. The predicted molar refractivity (Wildman–Crippen MR) is 109 cm³/mol. The van der Waals surface area contributed by atoms with Gasteiger partial charge in [0.25, 0.3) is 0 Å². The number of hydrogen-bond acceptors (Lipinski definition) is 6. The van der Waals surface area contributed by atoms with Crippen LogP contribution in [0.5, 0.6) is 0 Å². The molecule has 28 heavy (non-hydrogen) atoms. The first kappa shape index (κ1) is 16.9. The Morgan fingerprint density at radius 3 is 2.71 bits per heavy atom. The highest BCUT2D eigenvalue weighted by atomic mass is 16.4. The van der Waals surface area contributed by atoms with E-state index >= 15 is 0 Å². The van der Waals surface area contributed by atoms with Crippen LogP contribution in [0.25, 0.3) is 28.0 Å². The second kappa shape index (κ2) is 6.45. The molecule has 0 saturated carbocycles. The fourth-order valence-corrected chi connectivity index (χ4v) is 3.92. The van der Waals surface area contributed by atoms with E-state index in [0.29, 0.717) is 29.1 Å². The maximum absolute atomic E-state index is 12.6. The number of rotatable bonds is 2. The molecule has 0 aliphatic carbocycles. The van der Waals surface area contributed by atoms with Crippen LogP contribution in [0.15, 0.2) is 58.0 Å². The van der Waals surface area contributed by atoms with Crippen LogP contribution in [0.1, 0.15) is 13.8 Å². The summed E-state index contributed by atoms with van der Waals surface area (Å²) in [6.07, 6.45) is 3.73.